The van der Waals surface area contributed by atoms with Crippen LogP contribution in [0.5, 0.6) is 0 Å². The summed E-state index contributed by atoms with van der Waals surface area (Å²) in [5.41, 5.74) is 8.84. The summed E-state index contributed by atoms with van der Waals surface area (Å²) in [5, 5.41) is 8.15. The molecule has 2 aliphatic heterocycles. The second-order valence-electron chi connectivity index (χ2n) is 6.62. The van der Waals surface area contributed by atoms with Gasteiger partial charge < -0.3 is 15.5 Å². The average molecular weight is 371 g/mol. The van der Waals surface area contributed by atoms with Crippen LogP contribution in [0, 0.1) is 0 Å². The molecule has 0 spiro atoms. The third kappa shape index (κ3) is 4.01. The summed E-state index contributed by atoms with van der Waals surface area (Å²) in [5.74, 6) is 0. The number of nitrogens with one attached hydrogen (secondary N) is 2. The van der Waals surface area contributed by atoms with Gasteiger partial charge in [0.15, 0.2) is 5.17 Å². The lowest BCUT2D eigenvalue weighted by molar-refractivity contribution is 0.0341. The molecule has 4 rings (SSSR count). The summed E-state index contributed by atoms with van der Waals surface area (Å²) < 4.78 is 5.45. The maximum Gasteiger partial charge on any atom is 0.156 e. The Kier molecular flexibility index (Phi) is 5.39. The minimum Gasteiger partial charge on any atom is -0.381 e. The number of benzene rings is 2. The summed E-state index contributed by atoms with van der Waals surface area (Å²) in [7, 11) is 0. The molecular weight excluding hydrogens is 348 g/mol. The molecule has 0 aliphatic carbocycles. The van der Waals surface area contributed by atoms with Crippen molar-refractivity contribution >= 4 is 22.5 Å². The second kappa shape index (κ2) is 8.08. The molecule has 2 aliphatic rings. The van der Waals surface area contributed by atoms with Crippen LogP contribution in [0.3, 0.4) is 0 Å². The number of fused-ring (bicyclic) bond motifs is 1. The van der Waals surface area contributed by atoms with Crippen LogP contribution in [0.2, 0.25) is 0 Å². The van der Waals surface area contributed by atoms with Gasteiger partial charge in [0.05, 0.1) is 19.8 Å². The Hall–Kier alpha value is -2.08. The van der Waals surface area contributed by atoms with Gasteiger partial charge in [0.25, 0.3) is 0 Å². The van der Waals surface area contributed by atoms with Gasteiger partial charge in [-0.15, -0.1) is 0 Å². The summed E-state index contributed by atoms with van der Waals surface area (Å²) in [6.07, 6.45) is 0. The zero-order valence-corrected chi connectivity index (χ0v) is 15.4. The van der Waals surface area contributed by atoms with E-state index in [1.807, 2.05) is 0 Å². The van der Waals surface area contributed by atoms with Crippen molar-refractivity contribution in [3.63, 3.8) is 0 Å². The second-order valence-corrected chi connectivity index (χ2v) is 6.98. The highest BCUT2D eigenvalue weighted by atomic mass is 35.5. The molecule has 1 fully saturated rings. The fourth-order valence-corrected chi connectivity index (χ4v) is 3.60. The zero-order valence-electron chi connectivity index (χ0n) is 14.7. The van der Waals surface area contributed by atoms with Gasteiger partial charge in [0.1, 0.15) is 0 Å². The first-order valence-electron chi connectivity index (χ1n) is 9.00. The van der Waals surface area contributed by atoms with Gasteiger partial charge in [0, 0.05) is 37.4 Å². The predicted octanol–water partition coefficient (Wildman–Crippen LogP) is 3.13. The van der Waals surface area contributed by atoms with Crippen LogP contribution in [0.15, 0.2) is 47.6 Å². The molecule has 0 bridgehead atoms. The zero-order chi connectivity index (χ0) is 17.8. The quantitative estimate of drug-likeness (QED) is 0.849. The van der Waals surface area contributed by atoms with E-state index in [9.17, 15) is 0 Å². The molecule has 0 saturated carbocycles. The van der Waals surface area contributed by atoms with E-state index in [1.54, 1.807) is 0 Å². The molecule has 26 heavy (non-hydrogen) atoms. The maximum absolute atomic E-state index is 6.21. The minimum atomic E-state index is 0.516. The molecular formula is C20H23ClN4O. The standard InChI is InChI=1S/C20H23ClN4O/c21-20-19-11-18(6-5-16(19)13-23-24-20)22-12-15-3-1-2-4-17(15)14-25-7-9-26-10-8-25/h1-6,11,22-23H,7-10,12-14H2. The number of nitrogens with zero attached hydrogens (tertiary/aromatic N) is 2. The highest BCUT2D eigenvalue weighted by molar-refractivity contribution is 6.69. The molecule has 2 aromatic rings. The first kappa shape index (κ1) is 17.3. The Morgan fingerprint density at radius 3 is 2.77 bits per heavy atom. The lowest BCUT2D eigenvalue weighted by atomic mass is 10.0. The van der Waals surface area contributed by atoms with Crippen LogP contribution >= 0.6 is 11.6 Å². The number of ether oxygens (including phenoxy) is 1. The third-order valence-electron chi connectivity index (χ3n) is 4.88. The molecule has 0 atom stereocenters. The predicted molar refractivity (Wildman–Crippen MR) is 106 cm³/mol. The van der Waals surface area contributed by atoms with E-state index in [0.717, 1.165) is 50.6 Å². The van der Waals surface area contributed by atoms with Crippen LogP contribution in [-0.4, -0.2) is 36.4 Å². The molecule has 2 aromatic carbocycles. The number of hydrazone groups is 1. The van der Waals surface area contributed by atoms with Crippen LogP contribution in [0.25, 0.3) is 0 Å². The molecule has 0 unspecified atom stereocenters. The summed E-state index contributed by atoms with van der Waals surface area (Å²) >= 11 is 6.21. The largest absolute Gasteiger partial charge is 0.381 e. The molecule has 0 aromatic heterocycles. The highest BCUT2D eigenvalue weighted by Crippen LogP contribution is 2.22. The Balaban J connectivity index is 1.45. The van der Waals surface area contributed by atoms with Crippen LogP contribution in [-0.2, 0) is 24.4 Å². The van der Waals surface area contributed by atoms with E-state index in [2.05, 4.69) is 63.2 Å². The lowest BCUT2D eigenvalue weighted by Crippen LogP contribution is -2.35. The van der Waals surface area contributed by atoms with E-state index >= 15 is 0 Å². The molecule has 0 amide bonds. The molecule has 6 heteroatoms. The van der Waals surface area contributed by atoms with E-state index in [4.69, 9.17) is 16.3 Å². The Morgan fingerprint density at radius 1 is 1.12 bits per heavy atom. The van der Waals surface area contributed by atoms with E-state index in [-0.39, 0.29) is 0 Å². The average Bonchev–Trinajstić information content (AvgIpc) is 2.69. The molecule has 0 radical (unpaired) electrons. The van der Waals surface area contributed by atoms with Gasteiger partial charge in [-0.1, -0.05) is 41.9 Å². The van der Waals surface area contributed by atoms with Gasteiger partial charge in [-0.05, 0) is 28.8 Å². The van der Waals surface area contributed by atoms with Crippen molar-refractivity contribution in [2.75, 3.05) is 31.6 Å². The van der Waals surface area contributed by atoms with Crippen molar-refractivity contribution in [3.05, 3.63) is 64.7 Å². The first-order valence-corrected chi connectivity index (χ1v) is 9.37. The smallest absolute Gasteiger partial charge is 0.156 e. The Labute approximate surface area is 159 Å². The highest BCUT2D eigenvalue weighted by Gasteiger charge is 2.14. The molecule has 2 N–H and O–H groups in total. The number of hydrogen-bond donors (Lipinski definition) is 2. The number of hydrogen-bond acceptors (Lipinski definition) is 5. The maximum atomic E-state index is 6.21. The van der Waals surface area contributed by atoms with Gasteiger partial charge in [-0.3, -0.25) is 4.90 Å². The van der Waals surface area contributed by atoms with Crippen LogP contribution in [0.4, 0.5) is 5.69 Å². The fraction of sp³-hybridized carbons (Fsp3) is 0.350. The summed E-state index contributed by atoms with van der Waals surface area (Å²) in [4.78, 5) is 2.45. The van der Waals surface area contributed by atoms with Gasteiger partial charge in [-0.2, -0.15) is 5.10 Å². The van der Waals surface area contributed by atoms with E-state index in [0.29, 0.717) is 11.7 Å². The third-order valence-corrected chi connectivity index (χ3v) is 5.17. The summed E-state index contributed by atoms with van der Waals surface area (Å²) in [6.45, 7) is 6.12. The summed E-state index contributed by atoms with van der Waals surface area (Å²) in [6, 6.07) is 14.9. The number of halogens is 1. The molecule has 5 nitrogen and oxygen atoms in total. The monoisotopic (exact) mass is 370 g/mol. The fourth-order valence-electron chi connectivity index (χ4n) is 3.37. The normalized spacial score (nSPS) is 17.2. The SMILES string of the molecule is ClC1=NNCc2ccc(NCc3ccccc3CN3CCOCC3)cc21. The topological polar surface area (TPSA) is 48.9 Å². The van der Waals surface area contributed by atoms with E-state index < -0.39 is 0 Å². The molecule has 136 valence electrons. The molecule has 2 heterocycles. The molecule has 1 saturated heterocycles. The van der Waals surface area contributed by atoms with Gasteiger partial charge in [0.2, 0.25) is 0 Å². The first-order chi connectivity index (χ1) is 12.8. The van der Waals surface area contributed by atoms with Crippen molar-refractivity contribution in [3.8, 4) is 0 Å². The lowest BCUT2D eigenvalue weighted by Gasteiger charge is -2.27. The van der Waals surface area contributed by atoms with Crippen molar-refractivity contribution in [1.29, 1.82) is 0 Å². The minimum absolute atomic E-state index is 0.516. The van der Waals surface area contributed by atoms with Gasteiger partial charge >= 0.3 is 0 Å². The van der Waals surface area contributed by atoms with E-state index in [1.165, 1.54) is 16.7 Å². The van der Waals surface area contributed by atoms with Gasteiger partial charge in [-0.25, -0.2) is 0 Å². The Bertz CT molecular complexity index is 802. The van der Waals surface area contributed by atoms with Crippen molar-refractivity contribution < 1.29 is 4.74 Å². The van der Waals surface area contributed by atoms with Crippen molar-refractivity contribution in [1.82, 2.24) is 10.3 Å². The van der Waals surface area contributed by atoms with Crippen LogP contribution < -0.4 is 10.7 Å². The number of morpholine rings is 1. The Morgan fingerprint density at radius 2 is 1.92 bits per heavy atom. The number of rotatable bonds is 5. The van der Waals surface area contributed by atoms with Crippen molar-refractivity contribution in [2.24, 2.45) is 5.10 Å². The van der Waals surface area contributed by atoms with Crippen LogP contribution in [0.1, 0.15) is 22.3 Å². The van der Waals surface area contributed by atoms with Crippen molar-refractivity contribution in [2.45, 2.75) is 19.6 Å². The number of anilines is 1.